The molecule has 0 aromatic heterocycles. The number of nitrogens with zero attached hydrogens (tertiary/aromatic N) is 1. The highest BCUT2D eigenvalue weighted by Crippen LogP contribution is 2.19. The Morgan fingerprint density at radius 2 is 1.95 bits per heavy atom. The van der Waals surface area contributed by atoms with Crippen LogP contribution in [0.4, 0.5) is 4.39 Å². The number of hydrogen-bond acceptors (Lipinski definition) is 3. The second-order valence-corrected chi connectivity index (χ2v) is 7.59. The zero-order valence-corrected chi connectivity index (χ0v) is 13.2. The summed E-state index contributed by atoms with van der Waals surface area (Å²) in [5, 5.41) is 0. The summed E-state index contributed by atoms with van der Waals surface area (Å²) in [5.74, 6) is -0.192. The maximum absolute atomic E-state index is 13.5. The van der Waals surface area contributed by atoms with Gasteiger partial charge in [-0.25, -0.2) is 17.5 Å². The van der Waals surface area contributed by atoms with Gasteiger partial charge >= 0.3 is 0 Å². The fraction of sp³-hybridized carbons (Fsp3) is 0.600. The van der Waals surface area contributed by atoms with E-state index in [1.165, 1.54) is 12.1 Å². The molecule has 118 valence electrons. The molecule has 1 aromatic carbocycles. The molecule has 0 saturated carbocycles. The van der Waals surface area contributed by atoms with Gasteiger partial charge in [0.15, 0.2) is 0 Å². The van der Waals surface area contributed by atoms with E-state index in [2.05, 4.69) is 16.7 Å². The Morgan fingerprint density at radius 1 is 1.29 bits per heavy atom. The first kappa shape index (κ1) is 16.4. The molecule has 1 aliphatic heterocycles. The summed E-state index contributed by atoms with van der Waals surface area (Å²) in [7, 11) is -1.36. The summed E-state index contributed by atoms with van der Waals surface area (Å²) in [6.45, 7) is 2.59. The highest BCUT2D eigenvalue weighted by Gasteiger charge is 2.18. The van der Waals surface area contributed by atoms with Crippen molar-refractivity contribution in [3.8, 4) is 0 Å². The molecule has 1 saturated heterocycles. The molecule has 2 rings (SSSR count). The second kappa shape index (κ2) is 7.33. The van der Waals surface area contributed by atoms with Gasteiger partial charge in [0, 0.05) is 12.1 Å². The van der Waals surface area contributed by atoms with Gasteiger partial charge < -0.3 is 4.90 Å². The highest BCUT2D eigenvalue weighted by atomic mass is 32.2. The number of hydrogen-bond donors (Lipinski definition) is 1. The number of benzene rings is 1. The van der Waals surface area contributed by atoms with Crippen molar-refractivity contribution >= 4 is 10.0 Å². The molecule has 0 atom stereocenters. The normalized spacial score (nSPS) is 18.0. The van der Waals surface area contributed by atoms with Crippen LogP contribution >= 0.6 is 0 Å². The molecule has 6 heteroatoms. The van der Waals surface area contributed by atoms with Gasteiger partial charge in [0.25, 0.3) is 0 Å². The maximum Gasteiger partial charge on any atom is 0.215 e. The van der Waals surface area contributed by atoms with Gasteiger partial charge in [0.1, 0.15) is 5.82 Å². The summed E-state index contributed by atoms with van der Waals surface area (Å²) in [5.41, 5.74) is 0.212. The Labute approximate surface area is 126 Å². The lowest BCUT2D eigenvalue weighted by molar-refractivity contribution is 0.213. The van der Waals surface area contributed by atoms with Crippen LogP contribution in [0.25, 0.3) is 0 Å². The van der Waals surface area contributed by atoms with Crippen molar-refractivity contribution in [1.29, 1.82) is 0 Å². The molecule has 0 spiro atoms. The molecule has 0 amide bonds. The van der Waals surface area contributed by atoms with Gasteiger partial charge in [-0.15, -0.1) is 0 Å². The van der Waals surface area contributed by atoms with Gasteiger partial charge in [-0.3, -0.25) is 0 Å². The Hall–Kier alpha value is -0.980. The predicted molar refractivity (Wildman–Crippen MR) is 81.9 cm³/mol. The quantitative estimate of drug-likeness (QED) is 0.873. The fourth-order valence-corrected chi connectivity index (χ4v) is 3.81. The largest absolute Gasteiger partial charge is 0.306 e. The molecule has 1 N–H and O–H groups in total. The average Bonchev–Trinajstić information content (AvgIpc) is 2.43. The van der Waals surface area contributed by atoms with Crippen molar-refractivity contribution < 1.29 is 12.8 Å². The number of rotatable bonds is 6. The smallest absolute Gasteiger partial charge is 0.215 e. The molecule has 0 bridgehead atoms. The molecular weight excluding hydrogens is 291 g/mol. The fourth-order valence-electron chi connectivity index (χ4n) is 2.64. The molecule has 1 fully saturated rings. The van der Waals surface area contributed by atoms with Crippen LogP contribution in [0.1, 0.15) is 24.8 Å². The standard InChI is InChI=1S/C15H23FN2O2S/c1-18-10-7-13(8-11-18)6-9-17-21(19,20)12-14-4-2-3-5-15(14)16/h2-5,13,17H,6-12H2,1H3. The molecule has 21 heavy (non-hydrogen) atoms. The van der Waals surface area contributed by atoms with Crippen LogP contribution < -0.4 is 4.72 Å². The van der Waals surface area contributed by atoms with Gasteiger partial charge in [-0.05, 0) is 51.4 Å². The van der Waals surface area contributed by atoms with Crippen molar-refractivity contribution in [3.05, 3.63) is 35.6 Å². The van der Waals surface area contributed by atoms with Crippen LogP contribution in [0.2, 0.25) is 0 Å². The first-order valence-electron chi connectivity index (χ1n) is 7.35. The lowest BCUT2D eigenvalue weighted by atomic mass is 9.94. The van der Waals surface area contributed by atoms with Gasteiger partial charge in [0.05, 0.1) is 5.75 Å². The number of piperidine rings is 1. The lowest BCUT2D eigenvalue weighted by Crippen LogP contribution is -2.33. The van der Waals surface area contributed by atoms with Gasteiger partial charge in [0.2, 0.25) is 10.0 Å². The number of halogens is 1. The monoisotopic (exact) mass is 314 g/mol. The van der Waals surface area contributed by atoms with E-state index in [9.17, 15) is 12.8 Å². The number of nitrogens with one attached hydrogen (secondary N) is 1. The Morgan fingerprint density at radius 3 is 2.62 bits per heavy atom. The topological polar surface area (TPSA) is 49.4 Å². The van der Waals surface area contributed by atoms with E-state index >= 15 is 0 Å². The van der Waals surface area contributed by atoms with E-state index in [1.807, 2.05) is 0 Å². The van der Waals surface area contributed by atoms with E-state index in [0.717, 1.165) is 32.4 Å². The second-order valence-electron chi connectivity index (χ2n) is 5.78. The molecule has 0 unspecified atom stereocenters. The van der Waals surface area contributed by atoms with E-state index in [4.69, 9.17) is 0 Å². The van der Waals surface area contributed by atoms with E-state index in [1.54, 1.807) is 12.1 Å². The molecular formula is C15H23FN2O2S. The van der Waals surface area contributed by atoms with Gasteiger partial charge in [-0.1, -0.05) is 18.2 Å². The number of sulfonamides is 1. The van der Waals surface area contributed by atoms with Crippen LogP contribution in [0.3, 0.4) is 0 Å². The summed E-state index contributed by atoms with van der Waals surface area (Å²) >= 11 is 0. The Balaban J connectivity index is 1.78. The van der Waals surface area contributed by atoms with E-state index in [0.29, 0.717) is 12.5 Å². The van der Waals surface area contributed by atoms with Crippen LogP contribution in [-0.4, -0.2) is 40.0 Å². The molecule has 0 radical (unpaired) electrons. The SMILES string of the molecule is CN1CCC(CCNS(=O)(=O)Cc2ccccc2F)CC1. The minimum Gasteiger partial charge on any atom is -0.306 e. The summed E-state index contributed by atoms with van der Waals surface area (Å²) in [6, 6.07) is 5.99. The van der Waals surface area contributed by atoms with Crippen molar-refractivity contribution in [2.45, 2.75) is 25.0 Å². The molecule has 1 heterocycles. The van der Waals surface area contributed by atoms with Crippen LogP contribution in [0.5, 0.6) is 0 Å². The zero-order chi connectivity index (χ0) is 15.3. The first-order chi connectivity index (χ1) is 9.96. The number of likely N-dealkylation sites (tertiary alicyclic amines) is 1. The van der Waals surface area contributed by atoms with Crippen LogP contribution in [-0.2, 0) is 15.8 Å². The summed E-state index contributed by atoms with van der Waals surface area (Å²) in [4.78, 5) is 2.29. The predicted octanol–water partition coefficient (Wildman–Crippen LogP) is 1.98. The van der Waals surface area contributed by atoms with Crippen LogP contribution in [0.15, 0.2) is 24.3 Å². The Bertz CT molecular complexity index is 555. The lowest BCUT2D eigenvalue weighted by Gasteiger charge is -2.28. The summed E-state index contributed by atoms with van der Waals surface area (Å²) < 4.78 is 40.0. The molecule has 1 aliphatic rings. The third kappa shape index (κ3) is 5.37. The van der Waals surface area contributed by atoms with Gasteiger partial charge in [-0.2, -0.15) is 0 Å². The average molecular weight is 314 g/mol. The summed E-state index contributed by atoms with van der Waals surface area (Å²) in [6.07, 6.45) is 3.08. The first-order valence-corrected chi connectivity index (χ1v) is 9.01. The van der Waals surface area contributed by atoms with E-state index in [-0.39, 0.29) is 11.3 Å². The Kier molecular flexibility index (Phi) is 5.72. The van der Waals surface area contributed by atoms with Crippen LogP contribution in [0, 0.1) is 11.7 Å². The maximum atomic E-state index is 13.5. The van der Waals surface area contributed by atoms with Crippen molar-refractivity contribution in [3.63, 3.8) is 0 Å². The van der Waals surface area contributed by atoms with Crippen molar-refractivity contribution in [2.24, 2.45) is 5.92 Å². The third-order valence-electron chi connectivity index (χ3n) is 4.02. The van der Waals surface area contributed by atoms with Crippen molar-refractivity contribution in [1.82, 2.24) is 9.62 Å². The molecule has 1 aromatic rings. The minimum atomic E-state index is -3.47. The third-order valence-corrected chi connectivity index (χ3v) is 5.35. The van der Waals surface area contributed by atoms with E-state index < -0.39 is 15.8 Å². The van der Waals surface area contributed by atoms with Crippen molar-refractivity contribution in [2.75, 3.05) is 26.7 Å². The molecule has 0 aliphatic carbocycles. The highest BCUT2D eigenvalue weighted by molar-refractivity contribution is 7.88. The minimum absolute atomic E-state index is 0.212. The molecule has 4 nitrogen and oxygen atoms in total. The zero-order valence-electron chi connectivity index (χ0n) is 12.4.